The monoisotopic (exact) mass is 286 g/mol. The van der Waals surface area contributed by atoms with E-state index in [1.807, 2.05) is 31.3 Å². The second-order valence-electron chi connectivity index (χ2n) is 4.15. The molecule has 0 aliphatic rings. The zero-order valence-electron chi connectivity index (χ0n) is 10.5. The highest BCUT2D eigenvalue weighted by Gasteiger charge is 2.17. The minimum Gasteiger partial charge on any atom is -0.478 e. The van der Waals surface area contributed by atoms with Crippen LogP contribution in [0.4, 0.5) is 0 Å². The third kappa shape index (κ3) is 2.12. The van der Waals surface area contributed by atoms with Gasteiger partial charge in [0.15, 0.2) is 5.16 Å². The molecule has 3 aromatic rings. The van der Waals surface area contributed by atoms with E-state index in [9.17, 15) is 9.90 Å². The standard InChI is InChI=1S/C13H10N4O2S/c1-17-7-15-16-13(17)20-11-8-4-2-3-5-10(8)14-6-9(11)12(18)19/h2-7H,1H3,(H,18,19). The maximum Gasteiger partial charge on any atom is 0.338 e. The molecule has 7 heteroatoms. The van der Waals surface area contributed by atoms with Crippen LogP contribution in [-0.4, -0.2) is 30.8 Å². The van der Waals surface area contributed by atoms with Crippen molar-refractivity contribution in [2.24, 2.45) is 7.05 Å². The number of nitrogens with zero attached hydrogens (tertiary/aromatic N) is 4. The second kappa shape index (κ2) is 4.93. The largest absolute Gasteiger partial charge is 0.478 e. The van der Waals surface area contributed by atoms with Crippen molar-refractivity contribution < 1.29 is 9.90 Å². The van der Waals surface area contributed by atoms with Gasteiger partial charge >= 0.3 is 5.97 Å². The number of hydrogen-bond donors (Lipinski definition) is 1. The minimum absolute atomic E-state index is 0.164. The molecule has 100 valence electrons. The van der Waals surface area contributed by atoms with Crippen LogP contribution in [0.2, 0.25) is 0 Å². The predicted octanol–water partition coefficient (Wildman–Crippen LogP) is 2.21. The van der Waals surface area contributed by atoms with Crippen LogP contribution >= 0.6 is 11.8 Å². The quantitative estimate of drug-likeness (QED) is 0.795. The highest BCUT2D eigenvalue weighted by atomic mass is 32.2. The van der Waals surface area contributed by atoms with Gasteiger partial charge < -0.3 is 9.67 Å². The first-order chi connectivity index (χ1) is 9.66. The van der Waals surface area contributed by atoms with Crippen LogP contribution in [0.1, 0.15) is 10.4 Å². The van der Waals surface area contributed by atoms with E-state index < -0.39 is 5.97 Å². The fourth-order valence-electron chi connectivity index (χ4n) is 1.83. The van der Waals surface area contributed by atoms with Gasteiger partial charge in [-0.2, -0.15) is 0 Å². The van der Waals surface area contributed by atoms with E-state index >= 15 is 0 Å². The van der Waals surface area contributed by atoms with Crippen molar-refractivity contribution in [2.75, 3.05) is 0 Å². The van der Waals surface area contributed by atoms with E-state index in [0.29, 0.717) is 10.1 Å². The molecular formula is C13H10N4O2S. The average molecular weight is 286 g/mol. The fraction of sp³-hybridized carbons (Fsp3) is 0.0769. The van der Waals surface area contributed by atoms with Gasteiger partial charge in [0.25, 0.3) is 0 Å². The number of para-hydroxylation sites is 1. The molecule has 0 bridgehead atoms. The molecule has 0 unspecified atom stereocenters. The maximum absolute atomic E-state index is 11.4. The molecule has 3 rings (SSSR count). The van der Waals surface area contributed by atoms with E-state index in [2.05, 4.69) is 15.2 Å². The Labute approximate surface area is 118 Å². The van der Waals surface area contributed by atoms with Crippen molar-refractivity contribution >= 4 is 28.6 Å². The van der Waals surface area contributed by atoms with Gasteiger partial charge in [0, 0.05) is 23.5 Å². The van der Waals surface area contributed by atoms with Gasteiger partial charge in [-0.15, -0.1) is 10.2 Å². The molecule has 0 atom stereocenters. The number of carbonyl (C=O) groups is 1. The summed E-state index contributed by atoms with van der Waals surface area (Å²) in [6.07, 6.45) is 2.95. The molecule has 0 fully saturated rings. The summed E-state index contributed by atoms with van der Waals surface area (Å²) in [6, 6.07) is 7.43. The second-order valence-corrected chi connectivity index (χ2v) is 5.13. The average Bonchev–Trinajstić information content (AvgIpc) is 2.84. The molecule has 0 amide bonds. The molecule has 0 spiro atoms. The molecule has 0 saturated heterocycles. The van der Waals surface area contributed by atoms with E-state index in [4.69, 9.17) is 0 Å². The highest BCUT2D eigenvalue weighted by molar-refractivity contribution is 7.99. The Morgan fingerprint density at radius 1 is 1.35 bits per heavy atom. The summed E-state index contributed by atoms with van der Waals surface area (Å²) in [5, 5.41) is 18.5. The zero-order valence-corrected chi connectivity index (χ0v) is 11.3. The summed E-state index contributed by atoms with van der Waals surface area (Å²) >= 11 is 1.27. The van der Waals surface area contributed by atoms with Crippen molar-refractivity contribution in [3.8, 4) is 0 Å². The van der Waals surface area contributed by atoms with Gasteiger partial charge in [-0.05, 0) is 17.8 Å². The van der Waals surface area contributed by atoms with Crippen LogP contribution < -0.4 is 0 Å². The van der Waals surface area contributed by atoms with E-state index in [0.717, 1.165) is 10.9 Å². The Morgan fingerprint density at radius 3 is 2.85 bits per heavy atom. The van der Waals surface area contributed by atoms with Gasteiger partial charge in [-0.3, -0.25) is 4.98 Å². The molecule has 0 aliphatic carbocycles. The number of benzene rings is 1. The lowest BCUT2D eigenvalue weighted by Crippen LogP contribution is -2.01. The Bertz CT molecular complexity index is 800. The predicted molar refractivity (Wildman–Crippen MR) is 73.8 cm³/mol. The summed E-state index contributed by atoms with van der Waals surface area (Å²) in [5.41, 5.74) is 0.916. The first-order valence-electron chi connectivity index (χ1n) is 5.79. The Kier molecular flexibility index (Phi) is 3.11. The normalized spacial score (nSPS) is 10.8. The first-order valence-corrected chi connectivity index (χ1v) is 6.61. The SMILES string of the molecule is Cn1cnnc1Sc1c(C(=O)O)cnc2ccccc12. The van der Waals surface area contributed by atoms with E-state index in [-0.39, 0.29) is 5.56 Å². The third-order valence-electron chi connectivity index (χ3n) is 2.82. The smallest absolute Gasteiger partial charge is 0.338 e. The van der Waals surface area contributed by atoms with E-state index in [1.165, 1.54) is 18.0 Å². The number of rotatable bonds is 3. The summed E-state index contributed by atoms with van der Waals surface area (Å²) in [5.74, 6) is -1.01. The van der Waals surface area contributed by atoms with Crippen molar-refractivity contribution in [3.63, 3.8) is 0 Å². The van der Waals surface area contributed by atoms with Crippen LogP contribution in [0.15, 0.2) is 46.8 Å². The molecule has 1 aromatic carbocycles. The van der Waals surface area contributed by atoms with Crippen LogP contribution in [-0.2, 0) is 7.05 Å². The molecule has 0 radical (unpaired) electrons. The van der Waals surface area contributed by atoms with Gasteiger partial charge in [0.1, 0.15) is 6.33 Å². The molecule has 20 heavy (non-hydrogen) atoms. The van der Waals surface area contributed by atoms with Crippen molar-refractivity contribution in [1.82, 2.24) is 19.7 Å². The molecule has 2 aromatic heterocycles. The summed E-state index contributed by atoms with van der Waals surface area (Å²) in [7, 11) is 1.81. The molecule has 0 saturated carbocycles. The number of aromatic nitrogens is 4. The Balaban J connectivity index is 2.22. The van der Waals surface area contributed by atoms with Crippen molar-refractivity contribution in [2.45, 2.75) is 10.1 Å². The lowest BCUT2D eigenvalue weighted by Gasteiger charge is -2.08. The molecule has 2 heterocycles. The van der Waals surface area contributed by atoms with Crippen LogP contribution in [0.5, 0.6) is 0 Å². The van der Waals surface area contributed by atoms with Crippen molar-refractivity contribution in [3.05, 3.63) is 42.4 Å². The summed E-state index contributed by atoms with van der Waals surface area (Å²) in [4.78, 5) is 16.2. The zero-order chi connectivity index (χ0) is 14.1. The number of fused-ring (bicyclic) bond motifs is 1. The van der Waals surface area contributed by atoms with Gasteiger partial charge in [0.05, 0.1) is 11.1 Å². The van der Waals surface area contributed by atoms with Gasteiger partial charge in [-0.1, -0.05) is 18.2 Å². The lowest BCUT2D eigenvalue weighted by atomic mass is 10.1. The van der Waals surface area contributed by atoms with Gasteiger partial charge in [0.2, 0.25) is 0 Å². The summed E-state index contributed by atoms with van der Waals surface area (Å²) < 4.78 is 1.74. The lowest BCUT2D eigenvalue weighted by molar-refractivity contribution is 0.0693. The van der Waals surface area contributed by atoms with E-state index in [1.54, 1.807) is 10.9 Å². The number of aryl methyl sites for hydroxylation is 1. The number of carboxylic acid groups (broad SMARTS) is 1. The molecular weight excluding hydrogens is 276 g/mol. The van der Waals surface area contributed by atoms with Gasteiger partial charge in [-0.25, -0.2) is 4.79 Å². The van der Waals surface area contributed by atoms with Crippen LogP contribution in [0.3, 0.4) is 0 Å². The molecule has 6 nitrogen and oxygen atoms in total. The topological polar surface area (TPSA) is 80.9 Å². The molecule has 1 N–H and O–H groups in total. The van der Waals surface area contributed by atoms with Crippen LogP contribution in [0, 0.1) is 0 Å². The Hall–Kier alpha value is -2.41. The summed E-state index contributed by atoms with van der Waals surface area (Å²) in [6.45, 7) is 0. The fourth-order valence-corrected chi connectivity index (χ4v) is 2.83. The third-order valence-corrected chi connectivity index (χ3v) is 4.02. The van der Waals surface area contributed by atoms with Crippen molar-refractivity contribution in [1.29, 1.82) is 0 Å². The number of aromatic carboxylic acids is 1. The minimum atomic E-state index is -1.01. The first kappa shape index (κ1) is 12.6. The number of hydrogen-bond acceptors (Lipinski definition) is 5. The maximum atomic E-state index is 11.4. The molecule has 0 aliphatic heterocycles. The Morgan fingerprint density at radius 2 is 2.15 bits per heavy atom. The van der Waals surface area contributed by atoms with Crippen LogP contribution in [0.25, 0.3) is 10.9 Å². The number of carboxylic acids is 1. The number of pyridine rings is 1. The highest BCUT2D eigenvalue weighted by Crippen LogP contribution is 2.34.